The van der Waals surface area contributed by atoms with Crippen LogP contribution in [0.15, 0.2) is 135 Å². The third-order valence-electron chi connectivity index (χ3n) is 8.15. The number of aromatic nitrogens is 1. The molecule has 3 heterocycles. The van der Waals surface area contributed by atoms with Crippen LogP contribution < -0.4 is 0 Å². The zero-order valence-corrected chi connectivity index (χ0v) is 25.7. The van der Waals surface area contributed by atoms with E-state index in [1.807, 2.05) is 73.1 Å². The van der Waals surface area contributed by atoms with E-state index in [4.69, 9.17) is 15.0 Å². The zero-order chi connectivity index (χ0) is 30.3. The standard InChI is InChI=1S/C37H27N3O2S2/c1-24(41)43-28-18-14-26(15-19-28)36(22-38-32-10-5-3-8-30(32)36)34-12-7-13-35(40-34)37(23-39-33-11-6-4-9-31(33)37)27-16-20-29(21-17-27)44-25(2)42/h3-23H,1-2H3. The molecule has 5 nitrogen and oxygen atoms in total. The third-order valence-corrected chi connectivity index (χ3v) is 9.74. The highest BCUT2D eigenvalue weighted by molar-refractivity contribution is 8.13. The maximum Gasteiger partial charge on any atom is 0.190 e. The lowest BCUT2D eigenvalue weighted by Gasteiger charge is -2.32. The molecule has 2 atom stereocenters. The monoisotopic (exact) mass is 609 g/mol. The second kappa shape index (κ2) is 11.2. The summed E-state index contributed by atoms with van der Waals surface area (Å²) in [5, 5.41) is 0.0951. The summed E-state index contributed by atoms with van der Waals surface area (Å²) in [5.74, 6) is 0. The Morgan fingerprint density at radius 2 is 0.932 bits per heavy atom. The first-order valence-corrected chi connectivity index (χ1v) is 15.9. The minimum Gasteiger partial charge on any atom is -0.287 e. The minimum atomic E-state index is -0.732. The molecule has 0 saturated carbocycles. The fourth-order valence-electron chi connectivity index (χ4n) is 6.25. The minimum absolute atomic E-state index is 0.0475. The van der Waals surface area contributed by atoms with Crippen LogP contribution in [-0.2, 0) is 20.4 Å². The number of benzene rings is 4. The summed E-state index contributed by atoms with van der Waals surface area (Å²) in [6.07, 6.45) is 3.99. The molecule has 0 N–H and O–H groups in total. The molecule has 1 aromatic heterocycles. The predicted octanol–water partition coefficient (Wildman–Crippen LogP) is 8.46. The number of thioether (sulfide) groups is 2. The quantitative estimate of drug-likeness (QED) is 0.181. The molecule has 4 aromatic carbocycles. The number of hydrogen-bond donors (Lipinski definition) is 0. The van der Waals surface area contributed by atoms with Crippen LogP contribution in [0.3, 0.4) is 0 Å². The highest BCUT2D eigenvalue weighted by Crippen LogP contribution is 2.49. The van der Waals surface area contributed by atoms with Gasteiger partial charge in [-0.2, -0.15) is 0 Å². The lowest BCUT2D eigenvalue weighted by molar-refractivity contribution is -0.109. The van der Waals surface area contributed by atoms with E-state index in [-0.39, 0.29) is 10.2 Å². The number of rotatable bonds is 6. The Kier molecular flexibility index (Phi) is 7.15. The van der Waals surface area contributed by atoms with Gasteiger partial charge < -0.3 is 0 Å². The van der Waals surface area contributed by atoms with Crippen molar-refractivity contribution in [3.63, 3.8) is 0 Å². The van der Waals surface area contributed by atoms with Crippen molar-refractivity contribution in [3.8, 4) is 0 Å². The zero-order valence-electron chi connectivity index (χ0n) is 24.1. The van der Waals surface area contributed by atoms with Gasteiger partial charge in [-0.05, 0) is 70.8 Å². The molecular formula is C37H27N3O2S2. The molecule has 2 aliphatic rings. The molecule has 0 aliphatic carbocycles. The van der Waals surface area contributed by atoms with Crippen molar-refractivity contribution in [3.05, 3.63) is 149 Å². The van der Waals surface area contributed by atoms with Gasteiger partial charge in [-0.3, -0.25) is 24.6 Å². The van der Waals surface area contributed by atoms with Gasteiger partial charge in [0.15, 0.2) is 10.2 Å². The molecule has 44 heavy (non-hydrogen) atoms. The first-order valence-electron chi connectivity index (χ1n) is 14.3. The second-order valence-corrected chi connectivity index (χ2v) is 13.3. The SMILES string of the molecule is CC(=O)Sc1ccc(C2(c3cccc(C4(c5ccc(SC(C)=O)cc5)C=Nc5ccccc54)n3)C=Nc3ccccc32)cc1. The van der Waals surface area contributed by atoms with Gasteiger partial charge in [-0.1, -0.05) is 90.3 Å². The van der Waals surface area contributed by atoms with E-state index in [9.17, 15) is 9.59 Å². The van der Waals surface area contributed by atoms with Crippen LogP contribution in [0.4, 0.5) is 11.4 Å². The molecule has 0 bridgehead atoms. The predicted molar refractivity (Wildman–Crippen MR) is 179 cm³/mol. The van der Waals surface area contributed by atoms with Crippen LogP contribution in [-0.4, -0.2) is 27.6 Å². The van der Waals surface area contributed by atoms with Crippen LogP contribution in [0.2, 0.25) is 0 Å². The molecule has 0 radical (unpaired) electrons. The van der Waals surface area contributed by atoms with Crippen molar-refractivity contribution in [2.45, 2.75) is 34.5 Å². The second-order valence-electron chi connectivity index (χ2n) is 10.8. The largest absolute Gasteiger partial charge is 0.287 e. The summed E-state index contributed by atoms with van der Waals surface area (Å²) in [4.78, 5) is 40.5. The molecule has 0 amide bonds. The Hall–Kier alpha value is -4.59. The van der Waals surface area contributed by atoms with Crippen LogP contribution >= 0.6 is 23.5 Å². The molecule has 7 rings (SSSR count). The molecule has 7 heteroatoms. The summed E-state index contributed by atoms with van der Waals surface area (Å²) in [7, 11) is 0. The Labute approximate surface area is 264 Å². The van der Waals surface area contributed by atoms with Gasteiger partial charge >= 0.3 is 0 Å². The van der Waals surface area contributed by atoms with Gasteiger partial charge in [0.05, 0.1) is 33.6 Å². The molecular weight excluding hydrogens is 583 g/mol. The van der Waals surface area contributed by atoms with Crippen LogP contribution in [0, 0.1) is 0 Å². The lowest BCUT2D eigenvalue weighted by Crippen LogP contribution is -2.34. The van der Waals surface area contributed by atoms with Crippen molar-refractivity contribution >= 4 is 57.6 Å². The van der Waals surface area contributed by atoms with Crippen molar-refractivity contribution in [1.82, 2.24) is 4.98 Å². The average Bonchev–Trinajstić information content (AvgIpc) is 3.62. The van der Waals surface area contributed by atoms with Crippen molar-refractivity contribution in [1.29, 1.82) is 0 Å². The van der Waals surface area contributed by atoms with E-state index in [0.29, 0.717) is 0 Å². The molecule has 5 aromatic rings. The van der Waals surface area contributed by atoms with Crippen molar-refractivity contribution in [2.75, 3.05) is 0 Å². The number of pyridine rings is 1. The Morgan fingerprint density at radius 3 is 1.34 bits per heavy atom. The van der Waals surface area contributed by atoms with Gasteiger partial charge in [0.2, 0.25) is 0 Å². The van der Waals surface area contributed by atoms with Crippen LogP contribution in [0.1, 0.15) is 47.5 Å². The molecule has 214 valence electrons. The fraction of sp³-hybridized carbons (Fsp3) is 0.108. The summed E-state index contributed by atoms with van der Waals surface area (Å²) in [5.41, 5.74) is 6.18. The summed E-state index contributed by atoms with van der Waals surface area (Å²) < 4.78 is 0. The van der Waals surface area contributed by atoms with E-state index in [1.165, 1.54) is 23.5 Å². The maximum absolute atomic E-state index is 11.8. The number of para-hydroxylation sites is 2. The van der Waals surface area contributed by atoms with E-state index in [2.05, 4.69) is 54.6 Å². The molecule has 0 spiro atoms. The summed E-state index contributed by atoms with van der Waals surface area (Å²) in [6, 6.07) is 38.8. The van der Waals surface area contributed by atoms with Gasteiger partial charge in [0.1, 0.15) is 0 Å². The summed E-state index contributed by atoms with van der Waals surface area (Å²) in [6.45, 7) is 3.15. The molecule has 0 fully saturated rings. The number of fused-ring (bicyclic) bond motifs is 2. The molecule has 2 aliphatic heterocycles. The molecule has 0 saturated heterocycles. The maximum atomic E-state index is 11.8. The number of carbonyl (C=O) groups excluding carboxylic acids is 2. The van der Waals surface area contributed by atoms with E-state index < -0.39 is 10.8 Å². The van der Waals surface area contributed by atoms with Crippen LogP contribution in [0.25, 0.3) is 0 Å². The Bertz CT molecular complexity index is 1850. The summed E-state index contributed by atoms with van der Waals surface area (Å²) >= 11 is 2.44. The number of carbonyl (C=O) groups is 2. The molecule has 2 unspecified atom stereocenters. The smallest absolute Gasteiger partial charge is 0.190 e. The number of hydrogen-bond acceptors (Lipinski definition) is 7. The first kappa shape index (κ1) is 28.2. The van der Waals surface area contributed by atoms with E-state index in [1.54, 1.807) is 13.8 Å². The Balaban J connectivity index is 1.42. The number of nitrogens with zero attached hydrogens (tertiary/aromatic N) is 3. The van der Waals surface area contributed by atoms with Gasteiger partial charge in [-0.15, -0.1) is 0 Å². The highest BCUT2D eigenvalue weighted by atomic mass is 32.2. The lowest BCUT2D eigenvalue weighted by atomic mass is 9.71. The topological polar surface area (TPSA) is 71.8 Å². The number of aliphatic imine (C=N–C) groups is 2. The van der Waals surface area contributed by atoms with Gasteiger partial charge in [0, 0.05) is 36.1 Å². The van der Waals surface area contributed by atoms with Gasteiger partial charge in [-0.25, -0.2) is 0 Å². The van der Waals surface area contributed by atoms with Crippen molar-refractivity contribution < 1.29 is 9.59 Å². The highest BCUT2D eigenvalue weighted by Gasteiger charge is 2.45. The third kappa shape index (κ3) is 4.64. The average molecular weight is 610 g/mol. The van der Waals surface area contributed by atoms with Crippen LogP contribution in [0.5, 0.6) is 0 Å². The normalized spacial score (nSPS) is 19.5. The van der Waals surface area contributed by atoms with Gasteiger partial charge in [0.25, 0.3) is 0 Å². The van der Waals surface area contributed by atoms with Crippen molar-refractivity contribution in [2.24, 2.45) is 9.98 Å². The Morgan fingerprint density at radius 1 is 0.523 bits per heavy atom. The van der Waals surface area contributed by atoms with E-state index in [0.717, 1.165) is 54.8 Å². The first-order chi connectivity index (χ1) is 21.4. The fourth-order valence-corrected chi connectivity index (χ4v) is 7.46. The van der Waals surface area contributed by atoms with E-state index >= 15 is 0 Å².